The average molecular weight is 300 g/mol. The van der Waals surface area contributed by atoms with Gasteiger partial charge in [0, 0.05) is 44.2 Å². The van der Waals surface area contributed by atoms with Crippen LogP contribution in [0.4, 0.5) is 0 Å². The topological polar surface area (TPSA) is 51.5 Å². The Morgan fingerprint density at radius 3 is 2.70 bits per heavy atom. The van der Waals surface area contributed by atoms with Crippen molar-refractivity contribution < 1.29 is 9.53 Å². The second-order valence-corrected chi connectivity index (χ2v) is 6.09. The number of hydrogen-bond acceptors (Lipinski definition) is 4. The van der Waals surface area contributed by atoms with E-state index in [1.165, 1.54) is 11.3 Å². The van der Waals surface area contributed by atoms with Gasteiger partial charge in [-0.2, -0.15) is 0 Å². The molecule has 1 heterocycles. The molecule has 1 aromatic heterocycles. The van der Waals surface area contributed by atoms with Gasteiger partial charge in [0.2, 0.25) is 5.91 Å². The van der Waals surface area contributed by atoms with Crippen molar-refractivity contribution in [2.75, 3.05) is 26.8 Å². The minimum atomic E-state index is 0.00241. The molecule has 0 radical (unpaired) electrons. The summed E-state index contributed by atoms with van der Waals surface area (Å²) >= 11 is 1.18. The van der Waals surface area contributed by atoms with E-state index in [4.69, 9.17) is 4.74 Å². The Kier molecular flexibility index (Phi) is 6.95. The first-order valence-corrected chi connectivity index (χ1v) is 7.75. The summed E-state index contributed by atoms with van der Waals surface area (Å²) in [5, 5.41) is 1.82. The molecule has 0 saturated heterocycles. The lowest BCUT2D eigenvalue weighted by Crippen LogP contribution is -2.37. The molecule has 0 aliphatic carbocycles. The zero-order valence-corrected chi connectivity index (χ0v) is 13.5. The Hall–Kier alpha value is -1.14. The van der Waals surface area contributed by atoms with Crippen LogP contribution in [-0.2, 0) is 16.1 Å². The van der Waals surface area contributed by atoms with Crippen LogP contribution in [0.3, 0.4) is 0 Å². The quantitative estimate of drug-likeness (QED) is 0.735. The average Bonchev–Trinajstić information content (AvgIpc) is 2.71. The highest BCUT2D eigenvalue weighted by molar-refractivity contribution is 7.07. The van der Waals surface area contributed by atoms with Crippen molar-refractivity contribution in [3.05, 3.63) is 20.7 Å². The van der Waals surface area contributed by atoms with Gasteiger partial charge in [-0.15, -0.1) is 0 Å². The highest BCUT2D eigenvalue weighted by Gasteiger charge is 2.15. The summed E-state index contributed by atoms with van der Waals surface area (Å²) in [4.78, 5) is 25.7. The number of nitrogens with zero attached hydrogens (tertiary/aromatic N) is 2. The molecule has 0 saturated carbocycles. The molecule has 0 aliphatic rings. The Bertz CT molecular complexity index is 479. The molecule has 1 amide bonds. The standard InChI is InChI=1S/C14H24N2O3S/c1-11(2)9-15(7-8-19-4)13(17)5-6-16-12(3)10-20-14(16)18/h10-11H,5-9H2,1-4H3. The Labute approximate surface area is 124 Å². The number of carbonyl (C=O) groups is 1. The summed E-state index contributed by atoms with van der Waals surface area (Å²) in [5.41, 5.74) is 0.917. The molecule has 0 atom stereocenters. The van der Waals surface area contributed by atoms with Gasteiger partial charge < -0.3 is 14.2 Å². The molecule has 0 fully saturated rings. The van der Waals surface area contributed by atoms with Crippen LogP contribution in [0.25, 0.3) is 0 Å². The van der Waals surface area contributed by atoms with E-state index in [0.717, 1.165) is 12.2 Å². The Morgan fingerprint density at radius 2 is 2.20 bits per heavy atom. The van der Waals surface area contributed by atoms with Crippen molar-refractivity contribution in [1.82, 2.24) is 9.47 Å². The van der Waals surface area contributed by atoms with Crippen LogP contribution in [0.2, 0.25) is 0 Å². The van der Waals surface area contributed by atoms with Crippen LogP contribution in [0.5, 0.6) is 0 Å². The summed E-state index contributed by atoms with van der Waals surface area (Å²) in [7, 11) is 1.63. The molecule has 1 rings (SSSR count). The molecule has 114 valence electrons. The summed E-state index contributed by atoms with van der Waals surface area (Å²) in [6, 6.07) is 0. The summed E-state index contributed by atoms with van der Waals surface area (Å²) in [6.45, 7) is 8.37. The predicted molar refractivity (Wildman–Crippen MR) is 81.2 cm³/mol. The molecule has 0 aliphatic heterocycles. The van der Waals surface area contributed by atoms with Crippen molar-refractivity contribution in [3.63, 3.8) is 0 Å². The van der Waals surface area contributed by atoms with E-state index < -0.39 is 0 Å². The number of carbonyl (C=O) groups excluding carboxylic acids is 1. The summed E-state index contributed by atoms with van der Waals surface area (Å²) in [5.74, 6) is 0.495. The summed E-state index contributed by atoms with van der Waals surface area (Å²) in [6.07, 6.45) is 0.355. The van der Waals surface area contributed by atoms with Crippen LogP contribution in [0, 0.1) is 12.8 Å². The van der Waals surface area contributed by atoms with Crippen LogP contribution < -0.4 is 4.87 Å². The monoisotopic (exact) mass is 300 g/mol. The molecule has 0 N–H and O–H groups in total. The van der Waals surface area contributed by atoms with Crippen LogP contribution in [0.15, 0.2) is 10.2 Å². The third kappa shape index (κ3) is 5.09. The van der Waals surface area contributed by atoms with Gasteiger partial charge in [-0.1, -0.05) is 25.2 Å². The van der Waals surface area contributed by atoms with Gasteiger partial charge in [-0.25, -0.2) is 0 Å². The largest absolute Gasteiger partial charge is 0.383 e. The van der Waals surface area contributed by atoms with Crippen LogP contribution >= 0.6 is 11.3 Å². The van der Waals surface area contributed by atoms with Crippen molar-refractivity contribution in [1.29, 1.82) is 0 Å². The Morgan fingerprint density at radius 1 is 1.50 bits per heavy atom. The number of methoxy groups -OCH3 is 1. The third-order valence-electron chi connectivity index (χ3n) is 3.03. The second kappa shape index (κ2) is 8.21. The maximum absolute atomic E-state index is 12.3. The zero-order chi connectivity index (χ0) is 15.1. The molecular formula is C14H24N2O3S. The van der Waals surface area contributed by atoms with Gasteiger partial charge >= 0.3 is 4.87 Å². The molecular weight excluding hydrogens is 276 g/mol. The normalized spacial score (nSPS) is 11.1. The number of thiazole rings is 1. The lowest BCUT2D eigenvalue weighted by molar-refractivity contribution is -0.132. The van der Waals surface area contributed by atoms with Gasteiger partial charge in [0.1, 0.15) is 0 Å². The number of aryl methyl sites for hydroxylation is 1. The van der Waals surface area contributed by atoms with E-state index in [1.54, 1.807) is 11.7 Å². The first-order valence-electron chi connectivity index (χ1n) is 6.87. The van der Waals surface area contributed by atoms with Gasteiger partial charge in [0.05, 0.1) is 6.61 Å². The van der Waals surface area contributed by atoms with E-state index >= 15 is 0 Å². The van der Waals surface area contributed by atoms with Gasteiger partial charge in [-0.3, -0.25) is 9.59 Å². The molecule has 5 nitrogen and oxygen atoms in total. The number of rotatable bonds is 8. The molecule has 0 spiro atoms. The SMILES string of the molecule is COCCN(CC(C)C)C(=O)CCn1c(C)csc1=O. The van der Waals surface area contributed by atoms with E-state index in [9.17, 15) is 9.59 Å². The second-order valence-electron chi connectivity index (χ2n) is 5.27. The fraction of sp³-hybridized carbons (Fsp3) is 0.714. The van der Waals surface area contributed by atoms with E-state index in [1.807, 2.05) is 17.2 Å². The number of ether oxygens (including phenoxy) is 1. The number of aromatic nitrogens is 1. The summed E-state index contributed by atoms with van der Waals surface area (Å²) < 4.78 is 6.70. The lowest BCUT2D eigenvalue weighted by Gasteiger charge is -2.24. The highest BCUT2D eigenvalue weighted by atomic mass is 32.1. The van der Waals surface area contributed by atoms with Crippen LogP contribution in [0.1, 0.15) is 26.0 Å². The minimum absolute atomic E-state index is 0.00241. The van der Waals surface area contributed by atoms with Gasteiger partial charge in [0.25, 0.3) is 0 Å². The zero-order valence-electron chi connectivity index (χ0n) is 12.7. The van der Waals surface area contributed by atoms with Gasteiger partial charge in [-0.05, 0) is 12.8 Å². The van der Waals surface area contributed by atoms with Crippen LogP contribution in [-0.4, -0.2) is 42.2 Å². The number of hydrogen-bond donors (Lipinski definition) is 0. The van der Waals surface area contributed by atoms with E-state index in [2.05, 4.69) is 13.8 Å². The van der Waals surface area contributed by atoms with Crippen molar-refractivity contribution in [3.8, 4) is 0 Å². The predicted octanol–water partition coefficient (Wildman–Crippen LogP) is 1.74. The van der Waals surface area contributed by atoms with E-state index in [0.29, 0.717) is 32.0 Å². The molecule has 0 aromatic carbocycles. The third-order valence-corrected chi connectivity index (χ3v) is 3.91. The minimum Gasteiger partial charge on any atom is -0.383 e. The molecule has 1 aromatic rings. The van der Waals surface area contributed by atoms with E-state index in [-0.39, 0.29) is 10.8 Å². The fourth-order valence-corrected chi connectivity index (χ4v) is 2.76. The molecule has 0 unspecified atom stereocenters. The fourth-order valence-electron chi connectivity index (χ4n) is 2.00. The van der Waals surface area contributed by atoms with Crippen molar-refractivity contribution >= 4 is 17.2 Å². The van der Waals surface area contributed by atoms with Crippen molar-refractivity contribution in [2.45, 2.75) is 33.7 Å². The lowest BCUT2D eigenvalue weighted by atomic mass is 10.2. The highest BCUT2D eigenvalue weighted by Crippen LogP contribution is 2.05. The van der Waals surface area contributed by atoms with Gasteiger partial charge in [0.15, 0.2) is 0 Å². The Balaban J connectivity index is 2.59. The van der Waals surface area contributed by atoms with Crippen molar-refractivity contribution in [2.24, 2.45) is 5.92 Å². The maximum Gasteiger partial charge on any atom is 0.307 e. The maximum atomic E-state index is 12.3. The number of amides is 1. The first-order chi connectivity index (χ1) is 9.45. The smallest absolute Gasteiger partial charge is 0.307 e. The molecule has 6 heteroatoms. The molecule has 20 heavy (non-hydrogen) atoms. The first kappa shape index (κ1) is 16.9. The molecule has 0 bridgehead atoms.